The lowest BCUT2D eigenvalue weighted by molar-refractivity contribution is 0.0952. The molecule has 1 rings (SSSR count). The molecule has 20 heavy (non-hydrogen) atoms. The second kappa shape index (κ2) is 9.11. The number of hydrogen-bond acceptors (Lipinski definition) is 3. The van der Waals surface area contributed by atoms with Gasteiger partial charge in [-0.15, -0.1) is 0 Å². The molecule has 4 heteroatoms. The number of rotatable bonds is 6. The summed E-state index contributed by atoms with van der Waals surface area (Å²) in [5.74, 6) is 5.85. The quantitative estimate of drug-likeness (QED) is 0.616. The molecule has 1 heterocycles. The van der Waals surface area contributed by atoms with E-state index in [1.165, 1.54) is 12.6 Å². The number of nitrogens with zero attached hydrogens (tertiary/aromatic N) is 1. The molecule has 4 nitrogen and oxygen atoms in total. The van der Waals surface area contributed by atoms with Crippen LogP contribution in [-0.4, -0.2) is 29.1 Å². The molecule has 0 saturated heterocycles. The highest BCUT2D eigenvalue weighted by molar-refractivity contribution is 5.94. The predicted molar refractivity (Wildman–Crippen MR) is 79.2 cm³/mol. The van der Waals surface area contributed by atoms with Crippen LogP contribution < -0.4 is 5.32 Å². The van der Waals surface area contributed by atoms with Crippen LogP contribution >= 0.6 is 0 Å². The summed E-state index contributed by atoms with van der Waals surface area (Å²) in [6, 6.07) is 1.68. The first-order valence-electron chi connectivity index (χ1n) is 6.96. The molecule has 2 N–H and O–H groups in total. The number of aliphatic hydroxyl groups excluding tert-OH is 1. The van der Waals surface area contributed by atoms with Crippen LogP contribution in [0.3, 0.4) is 0 Å². The third-order valence-electron chi connectivity index (χ3n) is 2.81. The maximum atomic E-state index is 11.9. The minimum atomic E-state index is -0.202. The fourth-order valence-electron chi connectivity index (χ4n) is 1.76. The Morgan fingerprint density at radius 1 is 1.40 bits per heavy atom. The smallest absolute Gasteiger partial charge is 0.252 e. The van der Waals surface area contributed by atoms with Gasteiger partial charge in [-0.2, -0.15) is 0 Å². The molecule has 0 unspecified atom stereocenters. The number of nitrogens with one attached hydrogen (secondary N) is 1. The van der Waals surface area contributed by atoms with Crippen LogP contribution in [-0.2, 0) is 0 Å². The first-order valence-corrected chi connectivity index (χ1v) is 6.96. The summed E-state index contributed by atoms with van der Waals surface area (Å²) in [5.41, 5.74) is 1.13. The van der Waals surface area contributed by atoms with Gasteiger partial charge in [-0.25, -0.2) is 0 Å². The van der Waals surface area contributed by atoms with Gasteiger partial charge in [0.05, 0.1) is 5.56 Å². The van der Waals surface area contributed by atoms with E-state index in [0.717, 1.165) is 12.8 Å². The third kappa shape index (κ3) is 6.35. The second-order valence-corrected chi connectivity index (χ2v) is 5.07. The van der Waals surface area contributed by atoms with Crippen LogP contribution in [0.2, 0.25) is 0 Å². The molecule has 0 aliphatic heterocycles. The Morgan fingerprint density at radius 3 is 2.90 bits per heavy atom. The number of aromatic nitrogens is 1. The minimum absolute atomic E-state index is 0.130. The Bertz CT molecular complexity index is 487. The molecule has 0 atom stereocenters. The number of aliphatic hydroxyl groups is 1. The van der Waals surface area contributed by atoms with E-state index < -0.39 is 0 Å². The first-order chi connectivity index (χ1) is 9.63. The Morgan fingerprint density at radius 2 is 2.20 bits per heavy atom. The van der Waals surface area contributed by atoms with Gasteiger partial charge in [-0.1, -0.05) is 38.5 Å². The average molecular weight is 274 g/mol. The van der Waals surface area contributed by atoms with Crippen molar-refractivity contribution in [1.29, 1.82) is 0 Å². The van der Waals surface area contributed by atoms with Gasteiger partial charge in [-0.3, -0.25) is 9.78 Å². The average Bonchev–Trinajstić information content (AvgIpc) is 2.44. The summed E-state index contributed by atoms with van der Waals surface area (Å²) >= 11 is 0. The fraction of sp³-hybridized carbons (Fsp3) is 0.500. The van der Waals surface area contributed by atoms with E-state index in [9.17, 15) is 4.79 Å². The summed E-state index contributed by atoms with van der Waals surface area (Å²) < 4.78 is 0. The van der Waals surface area contributed by atoms with E-state index in [2.05, 4.69) is 36.0 Å². The lowest BCUT2D eigenvalue weighted by Gasteiger charge is -2.06. The lowest BCUT2D eigenvalue weighted by atomic mass is 10.1. The second-order valence-electron chi connectivity index (χ2n) is 5.07. The van der Waals surface area contributed by atoms with Crippen molar-refractivity contribution in [3.8, 4) is 11.8 Å². The van der Waals surface area contributed by atoms with Crippen molar-refractivity contribution >= 4 is 5.91 Å². The fourth-order valence-corrected chi connectivity index (χ4v) is 1.76. The standard InChI is InChI=1S/C16H22N2O2/c1-13(2)6-3-4-8-18-16(20)15-10-14(7-5-9-19)11-17-12-15/h10-13,19H,3-4,6,8-9H2,1-2H3,(H,18,20). The highest BCUT2D eigenvalue weighted by atomic mass is 16.2. The topological polar surface area (TPSA) is 62.2 Å². The number of unbranched alkanes of at least 4 members (excludes halogenated alkanes) is 1. The molecule has 0 bridgehead atoms. The summed E-state index contributed by atoms with van der Waals surface area (Å²) in [4.78, 5) is 15.9. The van der Waals surface area contributed by atoms with E-state index in [1.54, 1.807) is 12.3 Å². The van der Waals surface area contributed by atoms with Crippen LogP contribution in [0.1, 0.15) is 49.0 Å². The number of pyridine rings is 1. The minimum Gasteiger partial charge on any atom is -0.384 e. The molecule has 0 radical (unpaired) electrons. The molecule has 0 saturated carbocycles. The van der Waals surface area contributed by atoms with Gasteiger partial charge >= 0.3 is 0 Å². The van der Waals surface area contributed by atoms with Crippen molar-refractivity contribution in [3.63, 3.8) is 0 Å². The van der Waals surface area contributed by atoms with Crippen molar-refractivity contribution < 1.29 is 9.90 Å². The predicted octanol–water partition coefficient (Wildman–Crippen LogP) is 1.98. The van der Waals surface area contributed by atoms with Crippen LogP contribution in [0.5, 0.6) is 0 Å². The van der Waals surface area contributed by atoms with Crippen LogP contribution in [0.25, 0.3) is 0 Å². The van der Waals surface area contributed by atoms with Gasteiger partial charge in [0.2, 0.25) is 0 Å². The van der Waals surface area contributed by atoms with E-state index in [1.807, 2.05) is 0 Å². The van der Waals surface area contributed by atoms with Gasteiger partial charge in [0.15, 0.2) is 0 Å². The van der Waals surface area contributed by atoms with Gasteiger partial charge in [0.25, 0.3) is 5.91 Å². The van der Waals surface area contributed by atoms with Crippen LogP contribution in [0.15, 0.2) is 18.5 Å². The normalized spacial score (nSPS) is 10.0. The van der Waals surface area contributed by atoms with Crippen molar-refractivity contribution in [2.45, 2.75) is 33.1 Å². The zero-order valence-corrected chi connectivity index (χ0v) is 12.1. The molecule has 1 aromatic heterocycles. The summed E-state index contributed by atoms with van der Waals surface area (Å²) in [6.45, 7) is 4.87. The molecule has 0 aliphatic carbocycles. The van der Waals surface area contributed by atoms with Gasteiger partial charge in [0.1, 0.15) is 6.61 Å². The molecule has 0 aromatic carbocycles. The Hall–Kier alpha value is -1.86. The van der Waals surface area contributed by atoms with Crippen LogP contribution in [0.4, 0.5) is 0 Å². The van der Waals surface area contributed by atoms with Gasteiger partial charge in [-0.05, 0) is 18.4 Å². The van der Waals surface area contributed by atoms with Crippen molar-refractivity contribution in [2.24, 2.45) is 5.92 Å². The van der Waals surface area contributed by atoms with E-state index in [0.29, 0.717) is 23.6 Å². The van der Waals surface area contributed by atoms with Crippen molar-refractivity contribution in [2.75, 3.05) is 13.2 Å². The SMILES string of the molecule is CC(C)CCCCNC(=O)c1cncc(C#CCO)c1. The molecule has 0 spiro atoms. The maximum absolute atomic E-state index is 11.9. The van der Waals surface area contributed by atoms with Crippen molar-refractivity contribution in [3.05, 3.63) is 29.6 Å². The molecule has 1 aromatic rings. The summed E-state index contributed by atoms with van der Waals surface area (Å²) in [5, 5.41) is 11.5. The third-order valence-corrected chi connectivity index (χ3v) is 2.81. The molecule has 1 amide bonds. The first kappa shape index (κ1) is 16.2. The number of hydrogen-bond donors (Lipinski definition) is 2. The van der Waals surface area contributed by atoms with E-state index in [-0.39, 0.29) is 12.5 Å². The zero-order chi connectivity index (χ0) is 14.8. The molecule has 0 aliphatic rings. The number of amides is 1. The number of carbonyl (C=O) groups is 1. The Kier molecular flexibility index (Phi) is 7.38. The number of carbonyl (C=O) groups excluding carboxylic acids is 1. The van der Waals surface area contributed by atoms with Crippen LogP contribution in [0, 0.1) is 17.8 Å². The zero-order valence-electron chi connectivity index (χ0n) is 12.1. The molecular weight excluding hydrogens is 252 g/mol. The Balaban J connectivity index is 2.43. The van der Waals surface area contributed by atoms with Crippen molar-refractivity contribution in [1.82, 2.24) is 10.3 Å². The Labute approximate surface area is 120 Å². The van der Waals surface area contributed by atoms with Gasteiger partial charge in [0, 0.05) is 24.5 Å². The molecule has 108 valence electrons. The highest BCUT2D eigenvalue weighted by Crippen LogP contribution is 2.06. The highest BCUT2D eigenvalue weighted by Gasteiger charge is 2.05. The monoisotopic (exact) mass is 274 g/mol. The van der Waals surface area contributed by atoms with E-state index in [4.69, 9.17) is 5.11 Å². The summed E-state index contributed by atoms with van der Waals surface area (Å²) in [6.07, 6.45) is 6.39. The molecular formula is C16H22N2O2. The van der Waals surface area contributed by atoms with E-state index >= 15 is 0 Å². The van der Waals surface area contributed by atoms with Gasteiger partial charge < -0.3 is 10.4 Å². The maximum Gasteiger partial charge on any atom is 0.252 e. The lowest BCUT2D eigenvalue weighted by Crippen LogP contribution is -2.24. The molecule has 0 fully saturated rings. The summed E-state index contributed by atoms with van der Waals surface area (Å²) in [7, 11) is 0. The largest absolute Gasteiger partial charge is 0.384 e.